The molecule has 0 spiro atoms. The van der Waals surface area contributed by atoms with E-state index in [1.807, 2.05) is 24.3 Å². The highest BCUT2D eigenvalue weighted by Gasteiger charge is 2.00. The van der Waals surface area contributed by atoms with E-state index in [0.717, 1.165) is 24.0 Å². The quantitative estimate of drug-likeness (QED) is 0.291. The summed E-state index contributed by atoms with van der Waals surface area (Å²) in [6.45, 7) is 4.01. The molecule has 2 aromatic rings. The second-order valence-electron chi connectivity index (χ2n) is 5.37. The minimum Gasteiger partial charge on any atom is -0.497 e. The van der Waals surface area contributed by atoms with Gasteiger partial charge in [0.25, 0.3) is 0 Å². The zero-order valence-corrected chi connectivity index (χ0v) is 17.2. The van der Waals surface area contributed by atoms with Gasteiger partial charge in [0.15, 0.2) is 5.96 Å². The third-order valence-electron chi connectivity index (χ3n) is 3.51. The second kappa shape index (κ2) is 11.6. The molecule has 0 atom stereocenters. The molecule has 2 aromatic carbocycles. The maximum atomic E-state index is 5.69. The fourth-order valence-corrected chi connectivity index (χ4v) is 2.14. The van der Waals surface area contributed by atoms with Crippen LogP contribution in [-0.4, -0.2) is 33.3 Å². The van der Waals surface area contributed by atoms with Crippen molar-refractivity contribution in [2.24, 2.45) is 4.99 Å². The Balaban J connectivity index is 0.00000312. The third kappa shape index (κ3) is 7.64. The van der Waals surface area contributed by atoms with E-state index in [-0.39, 0.29) is 24.0 Å². The van der Waals surface area contributed by atoms with Crippen LogP contribution >= 0.6 is 24.0 Å². The summed E-state index contributed by atoms with van der Waals surface area (Å²) in [6.07, 6.45) is 0. The molecule has 25 heavy (non-hydrogen) atoms. The number of methoxy groups -OCH3 is 1. The molecule has 0 radical (unpaired) electrons. The number of ether oxygens (including phenoxy) is 2. The van der Waals surface area contributed by atoms with E-state index in [1.165, 1.54) is 11.1 Å². The second-order valence-corrected chi connectivity index (χ2v) is 5.37. The standard InChI is InChI=1S/C19H25N3O2.HI/c1-15-7-9-16(10-8-15)14-22-19(20-2)21-11-12-24-18-6-4-5-17(13-18)23-3;/h4-10,13H,11-12,14H2,1-3H3,(H2,20,21,22);1H. The van der Waals surface area contributed by atoms with Gasteiger partial charge in [-0.1, -0.05) is 35.9 Å². The lowest BCUT2D eigenvalue weighted by molar-refractivity contribution is 0.319. The van der Waals surface area contributed by atoms with Crippen molar-refractivity contribution in [3.05, 3.63) is 59.7 Å². The molecule has 0 bridgehead atoms. The van der Waals surface area contributed by atoms with Gasteiger partial charge >= 0.3 is 0 Å². The first-order valence-corrected chi connectivity index (χ1v) is 7.98. The molecule has 0 aromatic heterocycles. The molecule has 0 fully saturated rings. The van der Waals surface area contributed by atoms with Crippen molar-refractivity contribution in [3.8, 4) is 11.5 Å². The number of aryl methyl sites for hydroxylation is 1. The number of guanidine groups is 1. The number of nitrogens with one attached hydrogen (secondary N) is 2. The van der Waals surface area contributed by atoms with Crippen molar-refractivity contribution in [2.75, 3.05) is 27.3 Å². The Bertz CT molecular complexity index is 660. The number of hydrogen-bond acceptors (Lipinski definition) is 3. The number of hydrogen-bond donors (Lipinski definition) is 2. The summed E-state index contributed by atoms with van der Waals surface area (Å²) in [4.78, 5) is 4.21. The normalized spacial score (nSPS) is 10.6. The predicted molar refractivity (Wildman–Crippen MR) is 113 cm³/mol. The minimum absolute atomic E-state index is 0. The van der Waals surface area contributed by atoms with Crippen LogP contribution < -0.4 is 20.1 Å². The van der Waals surface area contributed by atoms with Gasteiger partial charge < -0.3 is 20.1 Å². The maximum Gasteiger partial charge on any atom is 0.191 e. The summed E-state index contributed by atoms with van der Waals surface area (Å²) in [6, 6.07) is 16.0. The molecular formula is C19H26IN3O2. The lowest BCUT2D eigenvalue weighted by Crippen LogP contribution is -2.38. The SMILES string of the molecule is CN=C(NCCOc1cccc(OC)c1)NCc1ccc(C)cc1.I. The molecule has 0 unspecified atom stereocenters. The average Bonchev–Trinajstić information content (AvgIpc) is 2.62. The van der Waals surface area contributed by atoms with Crippen LogP contribution in [0.15, 0.2) is 53.5 Å². The lowest BCUT2D eigenvalue weighted by atomic mass is 10.1. The summed E-state index contributed by atoms with van der Waals surface area (Å²) >= 11 is 0. The van der Waals surface area contributed by atoms with E-state index in [2.05, 4.69) is 46.8 Å². The largest absolute Gasteiger partial charge is 0.497 e. The first-order chi connectivity index (χ1) is 11.7. The van der Waals surface area contributed by atoms with Crippen molar-refractivity contribution in [1.82, 2.24) is 10.6 Å². The zero-order valence-electron chi connectivity index (χ0n) is 14.9. The lowest BCUT2D eigenvalue weighted by Gasteiger charge is -2.13. The Morgan fingerprint density at radius 1 is 1.04 bits per heavy atom. The molecule has 5 nitrogen and oxygen atoms in total. The van der Waals surface area contributed by atoms with Crippen LogP contribution in [0.5, 0.6) is 11.5 Å². The maximum absolute atomic E-state index is 5.69. The van der Waals surface area contributed by atoms with E-state index < -0.39 is 0 Å². The Morgan fingerprint density at radius 3 is 2.44 bits per heavy atom. The van der Waals surface area contributed by atoms with Crippen LogP contribution in [0.2, 0.25) is 0 Å². The Kier molecular flexibility index (Phi) is 9.76. The van der Waals surface area contributed by atoms with Gasteiger partial charge in [-0.05, 0) is 24.6 Å². The van der Waals surface area contributed by atoms with Gasteiger partial charge in [0, 0.05) is 19.7 Å². The molecular weight excluding hydrogens is 429 g/mol. The molecule has 0 heterocycles. The first-order valence-electron chi connectivity index (χ1n) is 7.98. The van der Waals surface area contributed by atoms with Gasteiger partial charge in [0.1, 0.15) is 18.1 Å². The van der Waals surface area contributed by atoms with E-state index in [1.54, 1.807) is 14.2 Å². The third-order valence-corrected chi connectivity index (χ3v) is 3.51. The van der Waals surface area contributed by atoms with Gasteiger partial charge in [-0.25, -0.2) is 0 Å². The summed E-state index contributed by atoms with van der Waals surface area (Å²) < 4.78 is 10.9. The van der Waals surface area contributed by atoms with Crippen LogP contribution in [-0.2, 0) is 6.54 Å². The molecule has 2 rings (SSSR count). The topological polar surface area (TPSA) is 54.9 Å². The highest BCUT2D eigenvalue weighted by atomic mass is 127. The number of rotatable bonds is 7. The summed E-state index contributed by atoms with van der Waals surface area (Å²) in [5.74, 6) is 2.33. The Labute approximate surface area is 166 Å². The number of aliphatic imine (C=N–C) groups is 1. The van der Waals surface area contributed by atoms with Gasteiger partial charge in [0.2, 0.25) is 0 Å². The van der Waals surface area contributed by atoms with E-state index in [9.17, 15) is 0 Å². The number of benzene rings is 2. The molecule has 136 valence electrons. The van der Waals surface area contributed by atoms with Crippen molar-refractivity contribution < 1.29 is 9.47 Å². The Hall–Kier alpha value is -1.96. The van der Waals surface area contributed by atoms with E-state index in [4.69, 9.17) is 9.47 Å². The van der Waals surface area contributed by atoms with Crippen LogP contribution in [0.3, 0.4) is 0 Å². The fourth-order valence-electron chi connectivity index (χ4n) is 2.14. The zero-order chi connectivity index (χ0) is 17.2. The smallest absolute Gasteiger partial charge is 0.191 e. The number of nitrogens with zero attached hydrogens (tertiary/aromatic N) is 1. The highest BCUT2D eigenvalue weighted by Crippen LogP contribution is 2.18. The van der Waals surface area contributed by atoms with Gasteiger partial charge in [0.05, 0.1) is 13.7 Å². The van der Waals surface area contributed by atoms with Gasteiger partial charge in [-0.15, -0.1) is 24.0 Å². The van der Waals surface area contributed by atoms with Gasteiger partial charge in [-0.2, -0.15) is 0 Å². The average molecular weight is 455 g/mol. The van der Waals surface area contributed by atoms with Crippen molar-refractivity contribution >= 4 is 29.9 Å². The van der Waals surface area contributed by atoms with Crippen LogP contribution in [0.1, 0.15) is 11.1 Å². The van der Waals surface area contributed by atoms with Crippen molar-refractivity contribution in [2.45, 2.75) is 13.5 Å². The summed E-state index contributed by atoms with van der Waals surface area (Å²) in [5, 5.41) is 6.52. The summed E-state index contributed by atoms with van der Waals surface area (Å²) in [5.41, 5.74) is 2.48. The van der Waals surface area contributed by atoms with E-state index >= 15 is 0 Å². The molecule has 6 heteroatoms. The highest BCUT2D eigenvalue weighted by molar-refractivity contribution is 14.0. The fraction of sp³-hybridized carbons (Fsp3) is 0.316. The number of halogens is 1. The molecule has 0 aliphatic rings. The molecule has 0 aliphatic carbocycles. The molecule has 2 N–H and O–H groups in total. The molecule has 0 saturated carbocycles. The van der Waals surface area contributed by atoms with Crippen LogP contribution in [0.25, 0.3) is 0 Å². The van der Waals surface area contributed by atoms with Crippen LogP contribution in [0, 0.1) is 6.92 Å². The van der Waals surface area contributed by atoms with Gasteiger partial charge in [-0.3, -0.25) is 4.99 Å². The minimum atomic E-state index is 0. The van der Waals surface area contributed by atoms with Crippen LogP contribution in [0.4, 0.5) is 0 Å². The Morgan fingerprint density at radius 2 is 1.76 bits per heavy atom. The molecule has 0 saturated heterocycles. The van der Waals surface area contributed by atoms with E-state index in [0.29, 0.717) is 13.2 Å². The molecule has 0 aliphatic heterocycles. The molecule has 0 amide bonds. The predicted octanol–water partition coefficient (Wildman–Crippen LogP) is 3.37. The monoisotopic (exact) mass is 455 g/mol. The first kappa shape index (κ1) is 21.1. The van der Waals surface area contributed by atoms with Crippen molar-refractivity contribution in [1.29, 1.82) is 0 Å². The van der Waals surface area contributed by atoms with Crippen molar-refractivity contribution in [3.63, 3.8) is 0 Å². The summed E-state index contributed by atoms with van der Waals surface area (Å²) in [7, 11) is 3.40.